The van der Waals surface area contributed by atoms with E-state index in [9.17, 15) is 38.7 Å². The van der Waals surface area contributed by atoms with Crippen LogP contribution in [0.4, 0.5) is 4.79 Å². The molecule has 1 aliphatic rings. The Balaban J connectivity index is 1.75. The molecule has 4 rings (SSSR count). The third kappa shape index (κ3) is 13.5. The van der Waals surface area contributed by atoms with Gasteiger partial charge in [0.1, 0.15) is 36.3 Å². The number of H-pyrrole nitrogens is 1. The van der Waals surface area contributed by atoms with E-state index in [1.54, 1.807) is 27.0 Å². The van der Waals surface area contributed by atoms with Crippen molar-refractivity contribution in [2.75, 3.05) is 13.6 Å². The number of aliphatic carboxylic acids is 1. The van der Waals surface area contributed by atoms with E-state index in [1.807, 2.05) is 75.4 Å². The molecule has 1 aliphatic heterocycles. The van der Waals surface area contributed by atoms with Crippen molar-refractivity contribution in [3.05, 3.63) is 71.9 Å². The number of nitrogens with zero attached hydrogens (tertiary/aromatic N) is 1. The maximum Gasteiger partial charge on any atom is 0.326 e. The van der Waals surface area contributed by atoms with Gasteiger partial charge >= 0.3 is 12.0 Å². The van der Waals surface area contributed by atoms with Crippen molar-refractivity contribution in [3.8, 4) is 0 Å². The number of amides is 7. The van der Waals surface area contributed by atoms with Gasteiger partial charge in [0.25, 0.3) is 0 Å². The van der Waals surface area contributed by atoms with Crippen LogP contribution in [0.25, 0.3) is 10.9 Å². The van der Waals surface area contributed by atoms with E-state index in [1.165, 1.54) is 11.9 Å². The summed E-state index contributed by atoms with van der Waals surface area (Å²) in [4.78, 5) is 102. The third-order valence-electron chi connectivity index (χ3n) is 11.8. The van der Waals surface area contributed by atoms with E-state index < -0.39 is 89.6 Å². The summed E-state index contributed by atoms with van der Waals surface area (Å²) in [5.41, 5.74) is 2.43. The van der Waals surface area contributed by atoms with E-state index in [0.717, 1.165) is 22.0 Å². The van der Waals surface area contributed by atoms with Gasteiger partial charge in [0.05, 0.1) is 0 Å². The van der Waals surface area contributed by atoms with E-state index in [4.69, 9.17) is 0 Å². The van der Waals surface area contributed by atoms with Crippen molar-refractivity contribution in [2.24, 2.45) is 17.8 Å². The molecule has 0 radical (unpaired) electrons. The minimum atomic E-state index is -1.22. The molecule has 16 heteroatoms. The average molecular weight is 859 g/mol. The predicted molar refractivity (Wildman–Crippen MR) is 237 cm³/mol. The van der Waals surface area contributed by atoms with Gasteiger partial charge in [0.2, 0.25) is 29.5 Å². The van der Waals surface area contributed by atoms with Crippen molar-refractivity contribution in [2.45, 2.75) is 129 Å². The highest BCUT2D eigenvalue weighted by Gasteiger charge is 2.38. The van der Waals surface area contributed by atoms with Gasteiger partial charge in [0.15, 0.2) is 0 Å². The van der Waals surface area contributed by atoms with Crippen molar-refractivity contribution in [3.63, 3.8) is 0 Å². The molecule has 1 saturated heterocycles. The Morgan fingerprint density at radius 2 is 1.48 bits per heavy atom. The average Bonchev–Trinajstić information content (AvgIpc) is 3.66. The normalized spacial score (nSPS) is 22.8. The smallest absolute Gasteiger partial charge is 0.326 e. The first-order valence-corrected chi connectivity index (χ1v) is 21.9. The fraction of sp³-hybridized carbons (Fsp3) is 0.543. The molecule has 2 aromatic carbocycles. The van der Waals surface area contributed by atoms with Crippen LogP contribution in [0, 0.1) is 17.8 Å². The van der Waals surface area contributed by atoms with Crippen LogP contribution in [0.5, 0.6) is 0 Å². The number of aromatic nitrogens is 1. The van der Waals surface area contributed by atoms with Crippen LogP contribution in [0.3, 0.4) is 0 Å². The summed E-state index contributed by atoms with van der Waals surface area (Å²) in [6.07, 6.45) is 4.03. The summed E-state index contributed by atoms with van der Waals surface area (Å²) in [7, 11) is 1.51. The van der Waals surface area contributed by atoms with E-state index in [-0.39, 0.29) is 38.1 Å². The molecule has 0 bridgehead atoms. The summed E-state index contributed by atoms with van der Waals surface area (Å²) in [5.74, 6) is -4.91. The minimum Gasteiger partial charge on any atom is -0.480 e. The molecule has 3 aromatic rings. The number of aromatic amines is 1. The number of rotatable bonds is 13. The maximum absolute atomic E-state index is 14.7. The molecule has 8 atom stereocenters. The second-order valence-corrected chi connectivity index (χ2v) is 17.0. The van der Waals surface area contributed by atoms with Crippen LogP contribution in [-0.4, -0.2) is 106 Å². The Kier molecular flexibility index (Phi) is 18.3. The first-order valence-electron chi connectivity index (χ1n) is 21.9. The molecule has 1 fully saturated rings. The van der Waals surface area contributed by atoms with Gasteiger partial charge in [-0.05, 0) is 60.6 Å². The Morgan fingerprint density at radius 3 is 2.15 bits per heavy atom. The van der Waals surface area contributed by atoms with Gasteiger partial charge in [-0.15, -0.1) is 0 Å². The molecule has 0 aliphatic carbocycles. The lowest BCUT2D eigenvalue weighted by molar-refractivity contribution is -0.143. The standard InChI is InChI=1S/C46H66N8O8/c1-8-28(5)38-43(58)50-36(23-27(3)4)44(59)54(7)37(25-31-26-48-33-20-14-13-19-32(31)33)42(57)49-35(24-30-17-11-10-12-18-30)40(55)47-22-16-15-21-34(41(56)52-38)51-46(62)53-39(45(60)61)29(6)9-2/h10-14,17-20,26-29,34-39,48H,8-9,15-16,21-25H2,1-7H3,(H,47,55)(H,49,57)(H,50,58)(H,52,56)(H,60,61)(H2,51,53,62)/t28-,29-,34+,35-,36-,37-,38?,39+/m0/s1. The second kappa shape index (κ2) is 23.3. The zero-order valence-corrected chi connectivity index (χ0v) is 37.1. The van der Waals surface area contributed by atoms with Gasteiger partial charge in [-0.25, -0.2) is 9.59 Å². The fourth-order valence-electron chi connectivity index (χ4n) is 7.65. The number of benzene rings is 2. The highest BCUT2D eigenvalue weighted by molar-refractivity contribution is 5.97. The summed E-state index contributed by atoms with van der Waals surface area (Å²) < 4.78 is 0. The quantitative estimate of drug-likeness (QED) is 0.126. The SMILES string of the molecule is CC[C@H](C)C1NC(=O)[C@H](NC(=O)N[C@@H](C(=O)O)[C@@H](C)CC)CCCCNC(=O)[C@H](Cc2ccccc2)NC(=O)[C@H](Cc2c[nH]c3ccccc23)N(C)C(=O)[C@H](CC(C)C)NC1=O. The molecule has 338 valence electrons. The van der Waals surface area contributed by atoms with E-state index in [2.05, 4.69) is 36.9 Å². The van der Waals surface area contributed by atoms with Gasteiger partial charge < -0.3 is 46.9 Å². The number of carboxylic acid groups (broad SMARTS) is 1. The minimum absolute atomic E-state index is 0.0760. The lowest BCUT2D eigenvalue weighted by Crippen LogP contribution is -2.61. The molecule has 0 spiro atoms. The van der Waals surface area contributed by atoms with Gasteiger partial charge in [-0.2, -0.15) is 0 Å². The van der Waals surface area contributed by atoms with Crippen molar-refractivity contribution in [1.82, 2.24) is 41.8 Å². The summed E-state index contributed by atoms with van der Waals surface area (Å²) in [6, 6.07) is 9.25. The number of urea groups is 1. The number of likely N-dealkylation sites (N-methyl/N-ethyl adjacent to an activating group) is 1. The Hall–Kier alpha value is -5.93. The molecule has 0 saturated carbocycles. The van der Waals surface area contributed by atoms with Gasteiger partial charge in [-0.1, -0.05) is 103 Å². The van der Waals surface area contributed by atoms with Crippen LogP contribution in [0.2, 0.25) is 0 Å². The number of hydrogen-bond donors (Lipinski definition) is 8. The summed E-state index contributed by atoms with van der Waals surface area (Å²) in [5, 5.41) is 27.4. The van der Waals surface area contributed by atoms with Crippen molar-refractivity contribution in [1.29, 1.82) is 0 Å². The number of carbonyl (C=O) groups excluding carboxylic acids is 6. The topological polar surface area (TPSA) is 231 Å². The molecular formula is C46H66N8O8. The molecule has 2 heterocycles. The molecule has 1 unspecified atom stereocenters. The third-order valence-corrected chi connectivity index (χ3v) is 11.8. The van der Waals surface area contributed by atoms with Crippen LogP contribution >= 0.6 is 0 Å². The number of carbonyl (C=O) groups is 7. The van der Waals surface area contributed by atoms with Crippen molar-refractivity contribution >= 4 is 52.4 Å². The molecule has 16 nitrogen and oxygen atoms in total. The number of para-hydroxylation sites is 1. The first-order chi connectivity index (χ1) is 29.5. The molecule has 62 heavy (non-hydrogen) atoms. The van der Waals surface area contributed by atoms with Crippen molar-refractivity contribution < 1.29 is 38.7 Å². The molecule has 7 amide bonds. The Morgan fingerprint density at radius 1 is 0.806 bits per heavy atom. The maximum atomic E-state index is 14.7. The van der Waals surface area contributed by atoms with E-state index in [0.29, 0.717) is 25.7 Å². The van der Waals surface area contributed by atoms with Gasteiger partial charge in [-0.3, -0.25) is 24.0 Å². The van der Waals surface area contributed by atoms with Crippen LogP contribution in [0.1, 0.15) is 91.2 Å². The summed E-state index contributed by atoms with van der Waals surface area (Å²) >= 11 is 0. The molecular weight excluding hydrogens is 793 g/mol. The number of carboxylic acids is 1. The highest BCUT2D eigenvalue weighted by atomic mass is 16.4. The predicted octanol–water partition coefficient (Wildman–Crippen LogP) is 3.79. The zero-order chi connectivity index (χ0) is 45.5. The largest absolute Gasteiger partial charge is 0.480 e. The lowest BCUT2D eigenvalue weighted by atomic mass is 9.95. The molecule has 8 N–H and O–H groups in total. The Bertz CT molecular complexity index is 2000. The van der Waals surface area contributed by atoms with Crippen LogP contribution in [0.15, 0.2) is 60.8 Å². The van der Waals surface area contributed by atoms with E-state index >= 15 is 0 Å². The highest BCUT2D eigenvalue weighted by Crippen LogP contribution is 2.22. The lowest BCUT2D eigenvalue weighted by Gasteiger charge is -2.33. The second-order valence-electron chi connectivity index (χ2n) is 17.0. The first kappa shape index (κ1) is 48.7. The fourth-order valence-corrected chi connectivity index (χ4v) is 7.65. The summed E-state index contributed by atoms with van der Waals surface area (Å²) in [6.45, 7) is 11.1. The Labute approximate surface area is 364 Å². The van der Waals surface area contributed by atoms with Crippen LogP contribution < -0.4 is 31.9 Å². The zero-order valence-electron chi connectivity index (χ0n) is 37.1. The number of fused-ring (bicyclic) bond motifs is 1. The van der Waals surface area contributed by atoms with Crippen LogP contribution in [-0.2, 0) is 41.6 Å². The van der Waals surface area contributed by atoms with Gasteiger partial charge in [0, 0.05) is 43.5 Å². The monoisotopic (exact) mass is 859 g/mol. The molecule has 1 aromatic heterocycles. The number of hydrogen-bond acceptors (Lipinski definition) is 7. The number of nitrogens with one attached hydrogen (secondary N) is 7.